The standard InChI is InChI=1S/C26H30ClFN4O3/c1-16-14-31(25(33)35-26(2,3)4)10-11-32(16)24-19-13-20(27)23(18-8-6-7-9-21(18)28)30-22(19)12-17(29-24)15-34-5/h6-9,12-13,16H,10-11,14-15H2,1-5H3/t16-/m0/s1. The van der Waals surface area contributed by atoms with Crippen molar-refractivity contribution >= 4 is 34.4 Å². The highest BCUT2D eigenvalue weighted by Crippen LogP contribution is 2.35. The molecule has 1 aromatic carbocycles. The lowest BCUT2D eigenvalue weighted by molar-refractivity contribution is 0.0218. The molecule has 9 heteroatoms. The zero-order valence-corrected chi connectivity index (χ0v) is 21.4. The number of nitrogens with zero attached hydrogens (tertiary/aromatic N) is 4. The van der Waals surface area contributed by atoms with Crippen molar-refractivity contribution in [3.05, 3.63) is 52.9 Å². The molecule has 2 aromatic heterocycles. The normalized spacial score (nSPS) is 16.6. The molecule has 0 radical (unpaired) electrons. The van der Waals surface area contributed by atoms with E-state index >= 15 is 0 Å². The van der Waals surface area contributed by atoms with Gasteiger partial charge in [-0.1, -0.05) is 23.7 Å². The van der Waals surface area contributed by atoms with Crippen molar-refractivity contribution in [2.45, 2.75) is 45.9 Å². The largest absolute Gasteiger partial charge is 0.444 e. The van der Waals surface area contributed by atoms with Crippen molar-refractivity contribution in [3.8, 4) is 11.3 Å². The van der Waals surface area contributed by atoms with E-state index in [1.54, 1.807) is 36.3 Å². The summed E-state index contributed by atoms with van der Waals surface area (Å²) in [6, 6.07) is 10.0. The molecule has 186 valence electrons. The highest BCUT2D eigenvalue weighted by atomic mass is 35.5. The number of rotatable bonds is 4. The van der Waals surface area contributed by atoms with Gasteiger partial charge in [-0.15, -0.1) is 0 Å². The van der Waals surface area contributed by atoms with Gasteiger partial charge in [0.2, 0.25) is 0 Å². The van der Waals surface area contributed by atoms with Crippen LogP contribution in [0.2, 0.25) is 5.02 Å². The Morgan fingerprint density at radius 3 is 2.60 bits per heavy atom. The minimum absolute atomic E-state index is 0.0326. The molecule has 4 rings (SSSR count). The summed E-state index contributed by atoms with van der Waals surface area (Å²) in [6.45, 7) is 9.44. The molecule has 1 aliphatic rings. The first-order chi connectivity index (χ1) is 16.6. The smallest absolute Gasteiger partial charge is 0.410 e. The summed E-state index contributed by atoms with van der Waals surface area (Å²) in [5.41, 5.74) is 1.51. The maximum absolute atomic E-state index is 14.5. The van der Waals surface area contributed by atoms with E-state index in [9.17, 15) is 9.18 Å². The number of pyridine rings is 2. The zero-order chi connectivity index (χ0) is 25.3. The fourth-order valence-corrected chi connectivity index (χ4v) is 4.48. The van der Waals surface area contributed by atoms with Gasteiger partial charge in [0.25, 0.3) is 0 Å². The Balaban J connectivity index is 1.72. The van der Waals surface area contributed by atoms with Crippen LogP contribution in [0.5, 0.6) is 0 Å². The number of halogens is 2. The molecule has 7 nitrogen and oxygen atoms in total. The molecule has 1 aliphatic heterocycles. The Bertz CT molecular complexity index is 1250. The summed E-state index contributed by atoms with van der Waals surface area (Å²) in [6.07, 6.45) is -0.325. The SMILES string of the molecule is COCc1cc2nc(-c3ccccc3F)c(Cl)cc2c(N2CCN(C(=O)OC(C)(C)C)C[C@@H]2C)n1. The van der Waals surface area contributed by atoms with Crippen LogP contribution >= 0.6 is 11.6 Å². The van der Waals surface area contributed by atoms with E-state index in [0.29, 0.717) is 59.5 Å². The highest BCUT2D eigenvalue weighted by molar-refractivity contribution is 6.34. The lowest BCUT2D eigenvalue weighted by Crippen LogP contribution is -2.55. The number of fused-ring (bicyclic) bond motifs is 1. The molecular formula is C26H30ClFN4O3. The fourth-order valence-electron chi connectivity index (χ4n) is 4.23. The molecule has 0 unspecified atom stereocenters. The summed E-state index contributed by atoms with van der Waals surface area (Å²) < 4.78 is 25.4. The second-order valence-corrected chi connectivity index (χ2v) is 10.1. The summed E-state index contributed by atoms with van der Waals surface area (Å²) in [7, 11) is 1.61. The Labute approximate surface area is 209 Å². The van der Waals surface area contributed by atoms with E-state index < -0.39 is 5.60 Å². The second-order valence-electron chi connectivity index (χ2n) is 9.70. The average Bonchev–Trinajstić information content (AvgIpc) is 2.78. The highest BCUT2D eigenvalue weighted by Gasteiger charge is 2.31. The first-order valence-electron chi connectivity index (χ1n) is 11.6. The van der Waals surface area contributed by atoms with Gasteiger partial charge in [0, 0.05) is 43.7 Å². The number of methoxy groups -OCH3 is 1. The maximum Gasteiger partial charge on any atom is 0.410 e. The number of carbonyl (C=O) groups is 1. The van der Waals surface area contributed by atoms with Crippen LogP contribution in [0.25, 0.3) is 22.2 Å². The number of piperazine rings is 1. The molecule has 0 bridgehead atoms. The number of hydrogen-bond acceptors (Lipinski definition) is 6. The van der Waals surface area contributed by atoms with Gasteiger partial charge in [0.05, 0.1) is 28.5 Å². The van der Waals surface area contributed by atoms with Gasteiger partial charge in [-0.3, -0.25) is 0 Å². The molecule has 0 aliphatic carbocycles. The van der Waals surface area contributed by atoms with Gasteiger partial charge in [-0.05, 0) is 52.0 Å². The Kier molecular flexibility index (Phi) is 7.15. The summed E-state index contributed by atoms with van der Waals surface area (Å²) in [4.78, 5) is 26.0. The minimum Gasteiger partial charge on any atom is -0.444 e. The van der Waals surface area contributed by atoms with E-state index in [4.69, 9.17) is 31.0 Å². The van der Waals surface area contributed by atoms with Crippen molar-refractivity contribution in [1.29, 1.82) is 0 Å². The van der Waals surface area contributed by atoms with Gasteiger partial charge < -0.3 is 19.3 Å². The van der Waals surface area contributed by atoms with Crippen LogP contribution in [-0.4, -0.2) is 59.3 Å². The number of benzene rings is 1. The van der Waals surface area contributed by atoms with E-state index in [-0.39, 0.29) is 18.0 Å². The molecule has 0 spiro atoms. The quantitative estimate of drug-likeness (QED) is 0.459. The summed E-state index contributed by atoms with van der Waals surface area (Å²) in [5, 5.41) is 1.10. The maximum atomic E-state index is 14.5. The fraction of sp³-hybridized carbons (Fsp3) is 0.423. The third-order valence-corrected chi connectivity index (χ3v) is 6.06. The van der Waals surface area contributed by atoms with E-state index in [0.717, 1.165) is 5.39 Å². The number of amides is 1. The van der Waals surface area contributed by atoms with Crippen LogP contribution in [0.1, 0.15) is 33.4 Å². The van der Waals surface area contributed by atoms with Crippen LogP contribution in [-0.2, 0) is 16.1 Å². The monoisotopic (exact) mass is 500 g/mol. The lowest BCUT2D eigenvalue weighted by atomic mass is 10.1. The molecule has 1 atom stereocenters. The second kappa shape index (κ2) is 9.95. The van der Waals surface area contributed by atoms with Crippen molar-refractivity contribution in [2.24, 2.45) is 0 Å². The van der Waals surface area contributed by atoms with Gasteiger partial charge in [0.1, 0.15) is 17.2 Å². The third-order valence-electron chi connectivity index (χ3n) is 5.77. The molecular weight excluding hydrogens is 471 g/mol. The van der Waals surface area contributed by atoms with Crippen molar-refractivity contribution in [2.75, 3.05) is 31.6 Å². The molecule has 3 aromatic rings. The molecule has 1 amide bonds. The van der Waals surface area contributed by atoms with Crippen LogP contribution in [0.15, 0.2) is 36.4 Å². The Morgan fingerprint density at radius 1 is 1.20 bits per heavy atom. The number of hydrogen-bond donors (Lipinski definition) is 0. The summed E-state index contributed by atoms with van der Waals surface area (Å²) in [5.74, 6) is 0.319. The van der Waals surface area contributed by atoms with E-state index in [2.05, 4.69) is 4.90 Å². The van der Waals surface area contributed by atoms with Crippen molar-refractivity contribution in [1.82, 2.24) is 14.9 Å². The summed E-state index contributed by atoms with van der Waals surface area (Å²) >= 11 is 6.61. The Morgan fingerprint density at radius 2 is 1.94 bits per heavy atom. The minimum atomic E-state index is -0.554. The predicted molar refractivity (Wildman–Crippen MR) is 135 cm³/mol. The van der Waals surface area contributed by atoms with Crippen molar-refractivity contribution < 1.29 is 18.7 Å². The van der Waals surface area contributed by atoms with Gasteiger partial charge in [-0.2, -0.15) is 0 Å². The predicted octanol–water partition coefficient (Wildman–Crippen LogP) is 5.68. The first-order valence-corrected chi connectivity index (χ1v) is 11.9. The molecule has 0 saturated carbocycles. The average molecular weight is 501 g/mol. The first kappa shape index (κ1) is 25.1. The van der Waals surface area contributed by atoms with Gasteiger partial charge >= 0.3 is 6.09 Å². The van der Waals surface area contributed by atoms with Gasteiger partial charge in [-0.25, -0.2) is 19.2 Å². The molecule has 3 heterocycles. The van der Waals surface area contributed by atoms with E-state index in [1.807, 2.05) is 33.8 Å². The van der Waals surface area contributed by atoms with Crippen LogP contribution < -0.4 is 4.90 Å². The van der Waals surface area contributed by atoms with Crippen LogP contribution in [0.4, 0.5) is 15.0 Å². The van der Waals surface area contributed by atoms with E-state index in [1.165, 1.54) is 6.07 Å². The molecule has 35 heavy (non-hydrogen) atoms. The topological polar surface area (TPSA) is 67.8 Å². The number of carbonyl (C=O) groups excluding carboxylic acids is 1. The van der Waals surface area contributed by atoms with Crippen LogP contribution in [0.3, 0.4) is 0 Å². The lowest BCUT2D eigenvalue weighted by Gasteiger charge is -2.41. The molecule has 0 N–H and O–H groups in total. The number of aromatic nitrogens is 2. The number of ether oxygens (including phenoxy) is 2. The van der Waals surface area contributed by atoms with Crippen molar-refractivity contribution in [3.63, 3.8) is 0 Å². The third kappa shape index (κ3) is 5.49. The number of anilines is 1. The molecule has 1 saturated heterocycles. The Hall–Kier alpha value is -2.97. The van der Waals surface area contributed by atoms with Gasteiger partial charge in [0.15, 0.2) is 0 Å². The molecule has 1 fully saturated rings. The zero-order valence-electron chi connectivity index (χ0n) is 20.6. The van der Waals surface area contributed by atoms with Crippen LogP contribution in [0, 0.1) is 5.82 Å².